The Morgan fingerprint density at radius 2 is 1.71 bits per heavy atom. The predicted molar refractivity (Wildman–Crippen MR) is 110 cm³/mol. The number of hydrogen-bond acceptors (Lipinski definition) is 5. The highest BCUT2D eigenvalue weighted by atomic mass is 16.5. The van der Waals surface area contributed by atoms with Crippen LogP contribution in [0.4, 0.5) is 11.5 Å². The molecule has 144 valence electrons. The van der Waals surface area contributed by atoms with Gasteiger partial charge in [-0.15, -0.1) is 0 Å². The minimum absolute atomic E-state index is 0.0905. The Morgan fingerprint density at radius 1 is 0.964 bits per heavy atom. The van der Waals surface area contributed by atoms with Crippen LogP contribution in [0.1, 0.15) is 5.56 Å². The van der Waals surface area contributed by atoms with Gasteiger partial charge in [-0.2, -0.15) is 0 Å². The zero-order chi connectivity index (χ0) is 19.6. The molecule has 0 spiro atoms. The second-order valence-electron chi connectivity index (χ2n) is 6.09. The van der Waals surface area contributed by atoms with E-state index in [1.807, 2.05) is 60.7 Å². The largest absolute Gasteiger partial charge is 0.497 e. The highest BCUT2D eigenvalue weighted by molar-refractivity contribution is 5.91. The van der Waals surface area contributed by atoms with Crippen LogP contribution in [0.25, 0.3) is 0 Å². The van der Waals surface area contributed by atoms with Crippen LogP contribution in [-0.4, -0.2) is 31.2 Å². The molecule has 0 aliphatic carbocycles. The van der Waals surface area contributed by atoms with Crippen molar-refractivity contribution < 1.29 is 14.3 Å². The summed E-state index contributed by atoms with van der Waals surface area (Å²) in [5.41, 5.74) is 1.83. The molecule has 1 amide bonds. The third-order valence-corrected chi connectivity index (χ3v) is 4.00. The van der Waals surface area contributed by atoms with Crippen LogP contribution in [0, 0.1) is 0 Å². The number of carbonyl (C=O) groups is 1. The number of carbonyl (C=O) groups excluding carboxylic acids is 1. The number of nitrogens with zero attached hydrogens (tertiary/aromatic N) is 1. The van der Waals surface area contributed by atoms with Gasteiger partial charge in [-0.3, -0.25) is 4.79 Å². The van der Waals surface area contributed by atoms with Crippen molar-refractivity contribution in [3.63, 3.8) is 0 Å². The molecular formula is C22H23N3O3. The third-order valence-electron chi connectivity index (χ3n) is 4.00. The van der Waals surface area contributed by atoms with Gasteiger partial charge >= 0.3 is 0 Å². The normalized spacial score (nSPS) is 10.2. The average molecular weight is 377 g/mol. The van der Waals surface area contributed by atoms with E-state index in [1.165, 1.54) is 0 Å². The summed E-state index contributed by atoms with van der Waals surface area (Å²) in [6, 6.07) is 20.7. The summed E-state index contributed by atoms with van der Waals surface area (Å²) in [6.45, 7) is 1.15. The Labute approximate surface area is 164 Å². The summed E-state index contributed by atoms with van der Waals surface area (Å²) in [6.07, 6.45) is 2.01. The smallest absolute Gasteiger partial charge is 0.229 e. The Bertz CT molecular complexity index is 866. The molecule has 2 N–H and O–H groups in total. The lowest BCUT2D eigenvalue weighted by Crippen LogP contribution is -2.15. The molecule has 1 aromatic heterocycles. The molecule has 0 aliphatic heterocycles. The van der Waals surface area contributed by atoms with E-state index in [-0.39, 0.29) is 5.91 Å². The van der Waals surface area contributed by atoms with Gasteiger partial charge in [-0.1, -0.05) is 30.3 Å². The van der Waals surface area contributed by atoms with Crippen LogP contribution in [0.3, 0.4) is 0 Å². The lowest BCUT2D eigenvalue weighted by molar-refractivity contribution is -0.115. The lowest BCUT2D eigenvalue weighted by Gasteiger charge is -2.10. The Balaban J connectivity index is 1.39. The summed E-state index contributed by atoms with van der Waals surface area (Å²) in [5.74, 6) is 2.03. The topological polar surface area (TPSA) is 72.5 Å². The molecule has 0 saturated heterocycles. The maximum Gasteiger partial charge on any atom is 0.229 e. The van der Waals surface area contributed by atoms with Crippen LogP contribution in [-0.2, 0) is 11.2 Å². The molecule has 6 heteroatoms. The second-order valence-corrected chi connectivity index (χ2v) is 6.09. The van der Waals surface area contributed by atoms with E-state index in [1.54, 1.807) is 19.4 Å². The van der Waals surface area contributed by atoms with Gasteiger partial charge in [-0.25, -0.2) is 4.98 Å². The number of amides is 1. The van der Waals surface area contributed by atoms with E-state index in [0.29, 0.717) is 25.4 Å². The molecule has 28 heavy (non-hydrogen) atoms. The van der Waals surface area contributed by atoms with Crippen LogP contribution in [0.15, 0.2) is 72.9 Å². The van der Waals surface area contributed by atoms with Gasteiger partial charge in [-0.05, 0) is 42.0 Å². The molecule has 1 heterocycles. The maximum absolute atomic E-state index is 12.1. The van der Waals surface area contributed by atoms with Gasteiger partial charge in [0.15, 0.2) is 0 Å². The van der Waals surface area contributed by atoms with E-state index < -0.39 is 0 Å². The fourth-order valence-electron chi connectivity index (χ4n) is 2.58. The molecular weight excluding hydrogens is 354 g/mol. The van der Waals surface area contributed by atoms with Crippen molar-refractivity contribution in [3.05, 3.63) is 78.5 Å². The molecule has 0 bridgehead atoms. The Hall–Kier alpha value is -3.54. The zero-order valence-corrected chi connectivity index (χ0v) is 15.7. The van der Waals surface area contributed by atoms with Crippen LogP contribution >= 0.6 is 0 Å². The Morgan fingerprint density at radius 3 is 2.39 bits per heavy atom. The number of benzene rings is 2. The molecule has 2 aromatic carbocycles. The van der Waals surface area contributed by atoms with E-state index in [0.717, 1.165) is 22.7 Å². The third kappa shape index (κ3) is 6.02. The van der Waals surface area contributed by atoms with Gasteiger partial charge < -0.3 is 20.1 Å². The van der Waals surface area contributed by atoms with Crippen molar-refractivity contribution in [2.24, 2.45) is 0 Å². The monoisotopic (exact) mass is 377 g/mol. The van der Waals surface area contributed by atoms with Crippen molar-refractivity contribution >= 4 is 17.4 Å². The van der Waals surface area contributed by atoms with Crippen LogP contribution < -0.4 is 20.1 Å². The quantitative estimate of drug-likeness (QED) is 0.556. The molecule has 0 radical (unpaired) electrons. The van der Waals surface area contributed by atoms with Gasteiger partial charge in [0.25, 0.3) is 0 Å². The van der Waals surface area contributed by atoms with Gasteiger partial charge in [0, 0.05) is 6.54 Å². The molecule has 0 saturated carbocycles. The standard InChI is InChI=1S/C22H23N3O3/c1-27-19-8-10-20(11-9-19)28-14-13-23-18-7-12-21(24-16-18)25-22(26)15-17-5-3-2-4-6-17/h2-12,16,23H,13-15H2,1H3,(H,24,25,26). The fourth-order valence-corrected chi connectivity index (χ4v) is 2.58. The van der Waals surface area contributed by atoms with E-state index in [4.69, 9.17) is 9.47 Å². The van der Waals surface area contributed by atoms with Crippen LogP contribution in [0.2, 0.25) is 0 Å². The number of ether oxygens (including phenoxy) is 2. The fraction of sp³-hybridized carbons (Fsp3) is 0.182. The number of aromatic nitrogens is 1. The second kappa shape index (κ2) is 9.97. The van der Waals surface area contributed by atoms with Gasteiger partial charge in [0.1, 0.15) is 23.9 Å². The summed E-state index contributed by atoms with van der Waals surface area (Å²) in [4.78, 5) is 16.3. The number of methoxy groups -OCH3 is 1. The minimum Gasteiger partial charge on any atom is -0.497 e. The predicted octanol–water partition coefficient (Wildman–Crippen LogP) is 3.76. The first-order valence-corrected chi connectivity index (χ1v) is 9.03. The molecule has 0 fully saturated rings. The molecule has 0 aliphatic rings. The molecule has 6 nitrogen and oxygen atoms in total. The summed E-state index contributed by atoms with van der Waals surface area (Å²) in [7, 11) is 1.63. The number of anilines is 2. The summed E-state index contributed by atoms with van der Waals surface area (Å²) >= 11 is 0. The number of hydrogen-bond donors (Lipinski definition) is 2. The summed E-state index contributed by atoms with van der Waals surface area (Å²) < 4.78 is 10.8. The Kier molecular flexibility index (Phi) is 6.84. The maximum atomic E-state index is 12.1. The highest BCUT2D eigenvalue weighted by Gasteiger charge is 2.05. The number of nitrogens with one attached hydrogen (secondary N) is 2. The lowest BCUT2D eigenvalue weighted by atomic mass is 10.1. The summed E-state index contributed by atoms with van der Waals surface area (Å²) in [5, 5.41) is 6.04. The SMILES string of the molecule is COc1ccc(OCCNc2ccc(NC(=O)Cc3ccccc3)nc2)cc1. The van der Waals surface area contributed by atoms with Crippen molar-refractivity contribution in [1.82, 2.24) is 4.98 Å². The van der Waals surface area contributed by atoms with Crippen molar-refractivity contribution in [3.8, 4) is 11.5 Å². The molecule has 3 aromatic rings. The number of pyridine rings is 1. The minimum atomic E-state index is -0.0905. The zero-order valence-electron chi connectivity index (χ0n) is 15.7. The van der Waals surface area contributed by atoms with Crippen molar-refractivity contribution in [2.45, 2.75) is 6.42 Å². The molecule has 3 rings (SSSR count). The van der Waals surface area contributed by atoms with E-state index in [9.17, 15) is 4.79 Å². The first-order valence-electron chi connectivity index (χ1n) is 9.03. The van der Waals surface area contributed by atoms with E-state index in [2.05, 4.69) is 15.6 Å². The van der Waals surface area contributed by atoms with Crippen molar-refractivity contribution in [1.29, 1.82) is 0 Å². The first-order chi connectivity index (χ1) is 13.7. The number of rotatable bonds is 9. The highest BCUT2D eigenvalue weighted by Crippen LogP contribution is 2.17. The van der Waals surface area contributed by atoms with Crippen molar-refractivity contribution in [2.75, 3.05) is 30.9 Å². The molecule has 0 atom stereocenters. The molecule has 0 unspecified atom stereocenters. The van der Waals surface area contributed by atoms with Crippen LogP contribution in [0.5, 0.6) is 11.5 Å². The first kappa shape index (κ1) is 19.2. The average Bonchev–Trinajstić information content (AvgIpc) is 2.73. The van der Waals surface area contributed by atoms with E-state index >= 15 is 0 Å². The van der Waals surface area contributed by atoms with Gasteiger partial charge in [0.2, 0.25) is 5.91 Å². The van der Waals surface area contributed by atoms with Gasteiger partial charge in [0.05, 0.1) is 25.4 Å².